The van der Waals surface area contributed by atoms with Gasteiger partial charge >= 0.3 is 0 Å². The smallest absolute Gasteiger partial charge is 0.260 e. The van der Waals surface area contributed by atoms with Crippen LogP contribution in [0, 0.1) is 5.82 Å². The third-order valence-electron chi connectivity index (χ3n) is 5.82. The Kier molecular flexibility index (Phi) is 6.81. The first-order valence-electron chi connectivity index (χ1n) is 10.6. The molecule has 1 saturated heterocycles. The van der Waals surface area contributed by atoms with E-state index in [9.17, 15) is 9.18 Å². The Morgan fingerprint density at radius 2 is 1.63 bits per heavy atom. The summed E-state index contributed by atoms with van der Waals surface area (Å²) in [6.45, 7) is 13.0. The summed E-state index contributed by atoms with van der Waals surface area (Å²) >= 11 is 0. The molecule has 0 spiro atoms. The van der Waals surface area contributed by atoms with Gasteiger partial charge in [0.15, 0.2) is 6.61 Å². The molecule has 30 heavy (non-hydrogen) atoms. The number of halogens is 1. The molecule has 2 aromatic rings. The maximum atomic E-state index is 13.1. The molecule has 5 heteroatoms. The molecule has 1 heterocycles. The molecular formula is C25H33FN2O2. The van der Waals surface area contributed by atoms with Gasteiger partial charge in [0.25, 0.3) is 5.91 Å². The van der Waals surface area contributed by atoms with Crippen molar-refractivity contribution >= 4 is 5.91 Å². The van der Waals surface area contributed by atoms with Gasteiger partial charge in [0.05, 0.1) is 0 Å². The van der Waals surface area contributed by atoms with Crippen molar-refractivity contribution in [1.82, 2.24) is 9.80 Å². The number of carbonyl (C=O) groups excluding carboxylic acids is 1. The van der Waals surface area contributed by atoms with Crippen LogP contribution in [-0.4, -0.2) is 47.5 Å². The zero-order valence-corrected chi connectivity index (χ0v) is 18.7. The number of carbonyl (C=O) groups is 1. The van der Waals surface area contributed by atoms with Crippen molar-refractivity contribution in [2.75, 3.05) is 19.7 Å². The van der Waals surface area contributed by atoms with Gasteiger partial charge in [-0.1, -0.05) is 45.0 Å². The van der Waals surface area contributed by atoms with E-state index in [4.69, 9.17) is 4.74 Å². The molecule has 162 valence electrons. The minimum atomic E-state index is -0.219. The zero-order chi connectivity index (χ0) is 21.9. The second kappa shape index (κ2) is 9.17. The summed E-state index contributed by atoms with van der Waals surface area (Å²) in [6.07, 6.45) is 0. The van der Waals surface area contributed by atoms with E-state index >= 15 is 0 Å². The van der Waals surface area contributed by atoms with Gasteiger partial charge in [-0.05, 0) is 54.7 Å². The van der Waals surface area contributed by atoms with Crippen LogP contribution in [0.2, 0.25) is 0 Å². The Bertz CT molecular complexity index is 843. The van der Waals surface area contributed by atoms with E-state index in [1.165, 1.54) is 17.7 Å². The van der Waals surface area contributed by atoms with E-state index in [1.54, 1.807) is 0 Å². The highest BCUT2D eigenvalue weighted by atomic mass is 19.1. The third kappa shape index (κ3) is 5.60. The second-order valence-electron chi connectivity index (χ2n) is 9.36. The van der Waals surface area contributed by atoms with Crippen molar-refractivity contribution in [3.05, 3.63) is 65.5 Å². The highest BCUT2D eigenvalue weighted by molar-refractivity contribution is 5.78. The summed E-state index contributed by atoms with van der Waals surface area (Å²) in [5.41, 5.74) is 2.41. The lowest BCUT2D eigenvalue weighted by Gasteiger charge is -2.44. The SMILES string of the molecule is C[C@@H]1CN(Cc2ccc(F)cc2)[C@@H](C)CN1C(=O)COc1ccc(C(C)(C)C)cc1. The Morgan fingerprint density at radius 3 is 2.23 bits per heavy atom. The summed E-state index contributed by atoms with van der Waals surface area (Å²) in [5, 5.41) is 0. The Hall–Kier alpha value is -2.40. The first-order valence-corrected chi connectivity index (χ1v) is 10.6. The second-order valence-corrected chi connectivity index (χ2v) is 9.36. The average Bonchev–Trinajstić information content (AvgIpc) is 2.70. The topological polar surface area (TPSA) is 32.8 Å². The molecule has 0 saturated carbocycles. The summed E-state index contributed by atoms with van der Waals surface area (Å²) in [4.78, 5) is 17.0. The van der Waals surface area contributed by atoms with E-state index in [1.807, 2.05) is 29.2 Å². The van der Waals surface area contributed by atoms with Gasteiger partial charge in [0.2, 0.25) is 0 Å². The number of rotatable bonds is 5. The van der Waals surface area contributed by atoms with Crippen molar-refractivity contribution < 1.29 is 13.9 Å². The summed E-state index contributed by atoms with van der Waals surface area (Å²) in [6, 6.07) is 14.9. The highest BCUT2D eigenvalue weighted by Gasteiger charge is 2.32. The quantitative estimate of drug-likeness (QED) is 0.718. The fourth-order valence-electron chi connectivity index (χ4n) is 3.87. The van der Waals surface area contributed by atoms with Crippen LogP contribution in [0.5, 0.6) is 5.75 Å². The van der Waals surface area contributed by atoms with Crippen molar-refractivity contribution in [1.29, 1.82) is 0 Å². The van der Waals surface area contributed by atoms with Crippen LogP contribution in [0.4, 0.5) is 4.39 Å². The predicted octanol–water partition coefficient (Wildman–Crippen LogP) is 4.62. The fourth-order valence-corrected chi connectivity index (χ4v) is 3.87. The minimum Gasteiger partial charge on any atom is -0.484 e. The van der Waals surface area contributed by atoms with Crippen molar-refractivity contribution in [3.8, 4) is 5.75 Å². The summed E-state index contributed by atoms with van der Waals surface area (Å²) in [5.74, 6) is 0.506. The van der Waals surface area contributed by atoms with Gasteiger partial charge in [-0.15, -0.1) is 0 Å². The molecule has 0 unspecified atom stereocenters. The van der Waals surface area contributed by atoms with E-state index in [0.29, 0.717) is 12.3 Å². The molecule has 1 aliphatic heterocycles. The third-order valence-corrected chi connectivity index (χ3v) is 5.82. The molecule has 0 radical (unpaired) electrons. The number of ether oxygens (including phenoxy) is 1. The number of amides is 1. The summed E-state index contributed by atoms with van der Waals surface area (Å²) in [7, 11) is 0. The number of nitrogens with zero attached hydrogens (tertiary/aromatic N) is 2. The molecule has 3 rings (SSSR count). The van der Waals surface area contributed by atoms with Gasteiger partial charge < -0.3 is 9.64 Å². The lowest BCUT2D eigenvalue weighted by atomic mass is 9.87. The van der Waals surface area contributed by atoms with Crippen LogP contribution in [0.3, 0.4) is 0 Å². The average molecular weight is 413 g/mol. The molecule has 1 aliphatic rings. The largest absolute Gasteiger partial charge is 0.484 e. The zero-order valence-electron chi connectivity index (χ0n) is 18.7. The summed E-state index contributed by atoms with van der Waals surface area (Å²) < 4.78 is 18.9. The molecule has 0 N–H and O–H groups in total. The molecule has 4 nitrogen and oxygen atoms in total. The monoisotopic (exact) mass is 412 g/mol. The maximum absolute atomic E-state index is 13.1. The molecule has 0 aliphatic carbocycles. The number of benzene rings is 2. The van der Waals surface area contributed by atoms with Gasteiger partial charge in [0, 0.05) is 31.7 Å². The van der Waals surface area contributed by atoms with Crippen molar-refractivity contribution in [2.45, 2.75) is 58.7 Å². The fraction of sp³-hybridized carbons (Fsp3) is 0.480. The van der Waals surface area contributed by atoms with Crippen molar-refractivity contribution in [3.63, 3.8) is 0 Å². The molecule has 0 aromatic heterocycles. The van der Waals surface area contributed by atoms with Crippen molar-refractivity contribution in [2.24, 2.45) is 0 Å². The first kappa shape index (κ1) is 22.3. The first-order chi connectivity index (χ1) is 14.1. The van der Waals surface area contributed by atoms with Crippen LogP contribution < -0.4 is 4.74 Å². The van der Waals surface area contributed by atoms with Crippen LogP contribution >= 0.6 is 0 Å². The lowest BCUT2D eigenvalue weighted by Crippen LogP contribution is -2.58. The van der Waals surface area contributed by atoms with Crippen LogP contribution in [0.15, 0.2) is 48.5 Å². The Balaban J connectivity index is 1.53. The Labute approximate surface area is 179 Å². The standard InChI is InChI=1S/C25H33FN2O2/c1-18-15-28(19(2)14-27(18)16-20-6-10-22(26)11-7-20)24(29)17-30-23-12-8-21(9-13-23)25(3,4)5/h6-13,18-19H,14-17H2,1-5H3/t18-,19+/m0/s1. The molecule has 0 bridgehead atoms. The molecule has 1 fully saturated rings. The minimum absolute atomic E-state index is 0.00989. The van der Waals surface area contributed by atoms with E-state index < -0.39 is 0 Å². The number of hydrogen-bond acceptors (Lipinski definition) is 3. The normalized spacial score (nSPS) is 20.3. The van der Waals surface area contributed by atoms with E-state index in [0.717, 1.165) is 18.7 Å². The predicted molar refractivity (Wildman–Crippen MR) is 118 cm³/mol. The van der Waals surface area contributed by atoms with Crippen LogP contribution in [0.25, 0.3) is 0 Å². The Morgan fingerprint density at radius 1 is 1.00 bits per heavy atom. The van der Waals surface area contributed by atoms with Gasteiger partial charge in [-0.3, -0.25) is 9.69 Å². The van der Waals surface area contributed by atoms with Crippen LogP contribution in [-0.2, 0) is 16.8 Å². The molecule has 2 aromatic carbocycles. The van der Waals surface area contributed by atoms with E-state index in [2.05, 4.69) is 51.7 Å². The lowest BCUT2D eigenvalue weighted by molar-refractivity contribution is -0.139. The van der Waals surface area contributed by atoms with E-state index in [-0.39, 0.29) is 35.8 Å². The number of hydrogen-bond donors (Lipinski definition) is 0. The maximum Gasteiger partial charge on any atom is 0.260 e. The molecule has 2 atom stereocenters. The molecular weight excluding hydrogens is 379 g/mol. The van der Waals surface area contributed by atoms with Gasteiger partial charge in [0.1, 0.15) is 11.6 Å². The van der Waals surface area contributed by atoms with Crippen LogP contribution in [0.1, 0.15) is 45.7 Å². The van der Waals surface area contributed by atoms with Gasteiger partial charge in [-0.2, -0.15) is 0 Å². The highest BCUT2D eigenvalue weighted by Crippen LogP contribution is 2.24. The molecule has 1 amide bonds. The number of piperazine rings is 1. The van der Waals surface area contributed by atoms with Gasteiger partial charge in [-0.25, -0.2) is 4.39 Å².